The molecule has 0 amide bonds. The van der Waals surface area contributed by atoms with Gasteiger partial charge in [-0.2, -0.15) is 0 Å². The molecule has 0 saturated carbocycles. The molecule has 0 aliphatic carbocycles. The normalized spacial score (nSPS) is 12.5. The molecule has 1 aliphatic heterocycles. The summed E-state index contributed by atoms with van der Waals surface area (Å²) < 4.78 is 5.57. The van der Waals surface area contributed by atoms with Crippen molar-refractivity contribution < 1.29 is 4.42 Å². The summed E-state index contributed by atoms with van der Waals surface area (Å²) in [4.78, 5) is 17.2. The average molecular weight is 470 g/mol. The molecule has 35 heavy (non-hydrogen) atoms. The summed E-state index contributed by atoms with van der Waals surface area (Å²) in [7, 11) is 0. The highest BCUT2D eigenvalue weighted by Crippen LogP contribution is 2.51. The van der Waals surface area contributed by atoms with Crippen molar-refractivity contribution in [3.63, 3.8) is 0 Å². The lowest BCUT2D eigenvalue weighted by molar-refractivity contribution is 0.570. The van der Waals surface area contributed by atoms with Gasteiger partial charge in [-0.05, 0) is 71.1 Å². The first kappa shape index (κ1) is 20.1. The largest absolute Gasteiger partial charge is 0.422 e. The fourth-order valence-electron chi connectivity index (χ4n) is 4.85. The summed E-state index contributed by atoms with van der Waals surface area (Å²) >= 11 is 1.81. The SMILES string of the molecule is O=c1oc2ccc(-c3ccc(N4c5ccccc5Sc5ccccc54)cc3)cc2c2ccccc12. The smallest absolute Gasteiger partial charge is 0.344 e. The average Bonchev–Trinajstić information content (AvgIpc) is 2.92. The second-order valence-electron chi connectivity index (χ2n) is 8.57. The Morgan fingerprint density at radius 2 is 1.17 bits per heavy atom. The van der Waals surface area contributed by atoms with Crippen molar-refractivity contribution in [2.45, 2.75) is 9.79 Å². The third kappa shape index (κ3) is 3.26. The van der Waals surface area contributed by atoms with E-state index in [0.29, 0.717) is 11.0 Å². The molecule has 5 aromatic carbocycles. The molecule has 0 fully saturated rings. The molecule has 0 radical (unpaired) electrons. The standard InChI is InChI=1S/C31H19NO2S/c33-31-24-8-2-1-7-23(24)25-19-21(15-18-28(25)34-31)20-13-16-22(17-14-20)32-26-9-3-5-11-29(26)35-30-12-6-4-10-27(30)32/h1-19H. The number of hydrogen-bond acceptors (Lipinski definition) is 4. The lowest BCUT2D eigenvalue weighted by Gasteiger charge is -2.32. The van der Waals surface area contributed by atoms with Crippen LogP contribution in [0.1, 0.15) is 0 Å². The zero-order chi connectivity index (χ0) is 23.4. The van der Waals surface area contributed by atoms with E-state index in [1.807, 2.05) is 48.2 Å². The summed E-state index contributed by atoms with van der Waals surface area (Å²) in [6.07, 6.45) is 0. The van der Waals surface area contributed by atoms with Gasteiger partial charge in [-0.25, -0.2) is 4.79 Å². The van der Waals surface area contributed by atoms with E-state index in [1.54, 1.807) is 0 Å². The summed E-state index contributed by atoms with van der Waals surface area (Å²) in [6.45, 7) is 0. The monoisotopic (exact) mass is 469 g/mol. The molecular weight excluding hydrogens is 450 g/mol. The molecule has 0 unspecified atom stereocenters. The van der Waals surface area contributed by atoms with Gasteiger partial charge >= 0.3 is 5.63 Å². The van der Waals surface area contributed by atoms with Gasteiger partial charge in [0.2, 0.25) is 0 Å². The summed E-state index contributed by atoms with van der Waals surface area (Å²) in [5, 5.41) is 2.46. The van der Waals surface area contributed by atoms with Gasteiger partial charge in [0.15, 0.2) is 0 Å². The maximum Gasteiger partial charge on any atom is 0.344 e. The lowest BCUT2D eigenvalue weighted by atomic mass is 10.0. The maximum absolute atomic E-state index is 12.3. The predicted octanol–water partition coefficient (Wildman–Crippen LogP) is 8.55. The molecule has 1 aromatic heterocycles. The van der Waals surface area contributed by atoms with Gasteiger partial charge in [0.25, 0.3) is 0 Å². The van der Waals surface area contributed by atoms with Gasteiger partial charge in [0, 0.05) is 20.9 Å². The number of nitrogens with zero attached hydrogens (tertiary/aromatic N) is 1. The molecule has 6 aromatic rings. The minimum atomic E-state index is -0.300. The molecule has 4 heteroatoms. The van der Waals surface area contributed by atoms with E-state index in [0.717, 1.165) is 27.6 Å². The Hall–Kier alpha value is -4.28. The van der Waals surface area contributed by atoms with Crippen LogP contribution in [0.15, 0.2) is 134 Å². The number of anilines is 3. The van der Waals surface area contributed by atoms with Crippen LogP contribution in [0, 0.1) is 0 Å². The Morgan fingerprint density at radius 1 is 0.571 bits per heavy atom. The zero-order valence-corrected chi connectivity index (χ0v) is 19.5. The number of fused-ring (bicyclic) bond motifs is 5. The minimum absolute atomic E-state index is 0.300. The predicted molar refractivity (Wildman–Crippen MR) is 144 cm³/mol. The quantitative estimate of drug-likeness (QED) is 0.188. The van der Waals surface area contributed by atoms with E-state index < -0.39 is 0 Å². The van der Waals surface area contributed by atoms with Crippen molar-refractivity contribution in [3.05, 3.63) is 126 Å². The van der Waals surface area contributed by atoms with E-state index in [1.165, 1.54) is 21.2 Å². The molecule has 1 aliphatic rings. The number of benzene rings is 5. The molecular formula is C31H19NO2S. The van der Waals surface area contributed by atoms with Gasteiger partial charge in [0.05, 0.1) is 16.8 Å². The molecule has 0 bridgehead atoms. The van der Waals surface area contributed by atoms with E-state index >= 15 is 0 Å². The van der Waals surface area contributed by atoms with Gasteiger partial charge in [-0.15, -0.1) is 0 Å². The van der Waals surface area contributed by atoms with Crippen LogP contribution < -0.4 is 10.5 Å². The second-order valence-corrected chi connectivity index (χ2v) is 9.65. The van der Waals surface area contributed by atoms with Crippen LogP contribution in [0.25, 0.3) is 32.9 Å². The Kier molecular flexibility index (Phi) is 4.54. The second kappa shape index (κ2) is 7.90. The van der Waals surface area contributed by atoms with Crippen molar-refractivity contribution in [1.29, 1.82) is 0 Å². The molecule has 7 rings (SSSR count). The molecule has 0 atom stereocenters. The first-order valence-corrected chi connectivity index (χ1v) is 12.3. The summed E-state index contributed by atoms with van der Waals surface area (Å²) in [5.74, 6) is 0. The van der Waals surface area contributed by atoms with Gasteiger partial charge in [-0.3, -0.25) is 0 Å². The van der Waals surface area contributed by atoms with Crippen LogP contribution in [0.3, 0.4) is 0 Å². The highest BCUT2D eigenvalue weighted by Gasteiger charge is 2.24. The first-order chi connectivity index (χ1) is 17.3. The highest BCUT2D eigenvalue weighted by molar-refractivity contribution is 7.99. The van der Waals surface area contributed by atoms with E-state index in [2.05, 4.69) is 83.8 Å². The molecule has 0 saturated heterocycles. The first-order valence-electron chi connectivity index (χ1n) is 11.5. The number of rotatable bonds is 2. The fourth-order valence-corrected chi connectivity index (χ4v) is 5.90. The molecule has 0 N–H and O–H groups in total. The Bertz CT molecular complexity index is 1760. The van der Waals surface area contributed by atoms with Crippen LogP contribution in [-0.2, 0) is 0 Å². The van der Waals surface area contributed by atoms with Gasteiger partial charge in [0.1, 0.15) is 5.58 Å². The Morgan fingerprint density at radius 3 is 1.89 bits per heavy atom. The van der Waals surface area contributed by atoms with Crippen molar-refractivity contribution in [2.24, 2.45) is 0 Å². The summed E-state index contributed by atoms with van der Waals surface area (Å²) in [5.41, 5.74) is 5.99. The Balaban J connectivity index is 1.34. The van der Waals surface area contributed by atoms with Gasteiger partial charge in [-0.1, -0.05) is 72.4 Å². The van der Waals surface area contributed by atoms with Crippen molar-refractivity contribution in [3.8, 4) is 11.1 Å². The van der Waals surface area contributed by atoms with Crippen molar-refractivity contribution in [1.82, 2.24) is 0 Å². The van der Waals surface area contributed by atoms with Crippen LogP contribution in [0.4, 0.5) is 17.1 Å². The number of hydrogen-bond donors (Lipinski definition) is 0. The summed E-state index contributed by atoms with van der Waals surface area (Å²) in [6, 6.07) is 39.3. The van der Waals surface area contributed by atoms with Crippen LogP contribution in [0.5, 0.6) is 0 Å². The Labute approximate surface area is 206 Å². The molecule has 0 spiro atoms. The minimum Gasteiger partial charge on any atom is -0.422 e. The molecule has 2 heterocycles. The van der Waals surface area contributed by atoms with Crippen molar-refractivity contribution in [2.75, 3.05) is 4.90 Å². The van der Waals surface area contributed by atoms with Crippen LogP contribution in [0.2, 0.25) is 0 Å². The van der Waals surface area contributed by atoms with E-state index in [9.17, 15) is 4.79 Å². The highest BCUT2D eigenvalue weighted by atomic mass is 32.2. The van der Waals surface area contributed by atoms with Crippen LogP contribution >= 0.6 is 11.8 Å². The zero-order valence-electron chi connectivity index (χ0n) is 18.6. The topological polar surface area (TPSA) is 33.5 Å². The third-order valence-corrected chi connectivity index (χ3v) is 7.64. The van der Waals surface area contributed by atoms with Crippen molar-refractivity contribution >= 4 is 50.6 Å². The maximum atomic E-state index is 12.3. The molecule has 166 valence electrons. The number of para-hydroxylation sites is 2. The fraction of sp³-hybridized carbons (Fsp3) is 0. The lowest BCUT2D eigenvalue weighted by Crippen LogP contribution is -2.14. The van der Waals surface area contributed by atoms with Crippen LogP contribution in [-0.4, -0.2) is 0 Å². The van der Waals surface area contributed by atoms with E-state index in [4.69, 9.17) is 4.42 Å². The third-order valence-electron chi connectivity index (χ3n) is 6.51. The van der Waals surface area contributed by atoms with E-state index in [-0.39, 0.29) is 5.63 Å². The van der Waals surface area contributed by atoms with Gasteiger partial charge < -0.3 is 9.32 Å². The molecule has 3 nitrogen and oxygen atoms in total.